The molecule has 2 amide bonds. The van der Waals surface area contributed by atoms with E-state index in [1.54, 1.807) is 6.20 Å². The number of nitriles is 1. The van der Waals surface area contributed by atoms with Gasteiger partial charge in [0.15, 0.2) is 0 Å². The van der Waals surface area contributed by atoms with E-state index in [9.17, 15) is 23.2 Å². The van der Waals surface area contributed by atoms with Gasteiger partial charge in [0.1, 0.15) is 24.4 Å². The number of fused-ring (bicyclic) bond motifs is 4. The molecule has 0 aliphatic carbocycles. The van der Waals surface area contributed by atoms with Crippen molar-refractivity contribution in [2.24, 2.45) is 0 Å². The number of benzene rings is 2. The topological polar surface area (TPSA) is 69.5 Å². The Bertz CT molecular complexity index is 1220. The summed E-state index contributed by atoms with van der Waals surface area (Å²) >= 11 is 0. The minimum atomic E-state index is -4.53. The molecule has 30 heavy (non-hydrogen) atoms. The standard InChI is InChI=1S/C21H13F3N4O2/c22-21(23,24)13-5-6-15-19(7-13)30-11-18-16(8-25)28(20(29)27(15)18)17-10-26-9-12-3-1-2-4-14(12)17/h1-7,9-10,16,18H,11H2. The second-order valence-electron chi connectivity index (χ2n) is 7.03. The van der Waals surface area contributed by atoms with E-state index < -0.39 is 29.9 Å². The number of anilines is 2. The number of alkyl halides is 3. The molecule has 3 heterocycles. The van der Waals surface area contributed by atoms with E-state index in [0.717, 1.165) is 22.9 Å². The van der Waals surface area contributed by atoms with Gasteiger partial charge in [-0.05, 0) is 18.2 Å². The summed E-state index contributed by atoms with van der Waals surface area (Å²) in [7, 11) is 0. The van der Waals surface area contributed by atoms with Gasteiger partial charge in [0.2, 0.25) is 0 Å². The van der Waals surface area contributed by atoms with Crippen LogP contribution in [0.5, 0.6) is 5.75 Å². The molecule has 2 unspecified atom stereocenters. The van der Waals surface area contributed by atoms with E-state index in [0.29, 0.717) is 5.69 Å². The largest absolute Gasteiger partial charge is 0.489 e. The number of carbonyl (C=O) groups is 1. The van der Waals surface area contributed by atoms with Crippen molar-refractivity contribution in [3.63, 3.8) is 0 Å². The second kappa shape index (κ2) is 6.35. The quantitative estimate of drug-likeness (QED) is 0.598. The summed E-state index contributed by atoms with van der Waals surface area (Å²) in [5.74, 6) is -0.0380. The number of amides is 2. The number of carbonyl (C=O) groups excluding carboxylic acids is 1. The van der Waals surface area contributed by atoms with Gasteiger partial charge in [-0.1, -0.05) is 24.3 Å². The van der Waals surface area contributed by atoms with E-state index in [1.807, 2.05) is 24.3 Å². The number of hydrogen-bond acceptors (Lipinski definition) is 4. The van der Waals surface area contributed by atoms with Crippen LogP contribution in [0.4, 0.5) is 29.3 Å². The highest BCUT2D eigenvalue weighted by Crippen LogP contribution is 2.44. The Labute approximate surface area is 168 Å². The first-order valence-corrected chi connectivity index (χ1v) is 9.09. The molecule has 150 valence electrons. The molecule has 0 bridgehead atoms. The minimum absolute atomic E-state index is 0.0380. The molecule has 2 aliphatic rings. The van der Waals surface area contributed by atoms with Crippen molar-refractivity contribution >= 4 is 28.2 Å². The molecule has 0 radical (unpaired) electrons. The maximum atomic E-state index is 13.4. The average Bonchev–Trinajstić information content (AvgIpc) is 3.04. The summed E-state index contributed by atoms with van der Waals surface area (Å²) < 4.78 is 44.7. The molecule has 2 aromatic carbocycles. The summed E-state index contributed by atoms with van der Waals surface area (Å²) in [6.45, 7) is -0.0903. The third-order valence-corrected chi connectivity index (χ3v) is 5.38. The van der Waals surface area contributed by atoms with Crippen molar-refractivity contribution < 1.29 is 22.7 Å². The Morgan fingerprint density at radius 1 is 1.10 bits per heavy atom. The lowest BCUT2D eigenvalue weighted by molar-refractivity contribution is -0.137. The van der Waals surface area contributed by atoms with Crippen LogP contribution in [0.1, 0.15) is 5.56 Å². The highest BCUT2D eigenvalue weighted by atomic mass is 19.4. The fourth-order valence-corrected chi connectivity index (χ4v) is 4.01. The molecule has 3 aromatic rings. The monoisotopic (exact) mass is 410 g/mol. The van der Waals surface area contributed by atoms with Gasteiger partial charge in [-0.2, -0.15) is 18.4 Å². The number of rotatable bonds is 1. The van der Waals surface area contributed by atoms with Crippen molar-refractivity contribution in [2.45, 2.75) is 18.3 Å². The van der Waals surface area contributed by atoms with Gasteiger partial charge in [0.25, 0.3) is 0 Å². The van der Waals surface area contributed by atoms with Crippen LogP contribution >= 0.6 is 0 Å². The maximum Gasteiger partial charge on any atom is 0.416 e. The zero-order chi connectivity index (χ0) is 21.0. The minimum Gasteiger partial charge on any atom is -0.489 e. The van der Waals surface area contributed by atoms with Crippen LogP contribution in [-0.4, -0.2) is 29.7 Å². The van der Waals surface area contributed by atoms with Crippen LogP contribution in [0.2, 0.25) is 0 Å². The van der Waals surface area contributed by atoms with E-state index in [-0.39, 0.29) is 18.0 Å². The molecule has 1 fully saturated rings. The van der Waals surface area contributed by atoms with Gasteiger partial charge >= 0.3 is 12.2 Å². The van der Waals surface area contributed by atoms with Crippen molar-refractivity contribution in [1.82, 2.24) is 4.98 Å². The number of urea groups is 1. The van der Waals surface area contributed by atoms with Crippen LogP contribution in [-0.2, 0) is 6.18 Å². The number of hydrogen-bond donors (Lipinski definition) is 0. The zero-order valence-corrected chi connectivity index (χ0v) is 15.3. The first kappa shape index (κ1) is 18.2. The van der Waals surface area contributed by atoms with Crippen LogP contribution in [0.25, 0.3) is 10.8 Å². The fraction of sp³-hybridized carbons (Fsp3) is 0.190. The number of pyridine rings is 1. The van der Waals surface area contributed by atoms with E-state index in [2.05, 4.69) is 11.1 Å². The van der Waals surface area contributed by atoms with E-state index in [1.165, 1.54) is 22.1 Å². The van der Waals surface area contributed by atoms with Gasteiger partial charge in [0.05, 0.1) is 29.2 Å². The summed E-state index contributed by atoms with van der Waals surface area (Å²) in [6, 6.07) is 10.4. The Balaban J connectivity index is 1.63. The zero-order valence-electron chi connectivity index (χ0n) is 15.3. The molecule has 0 N–H and O–H groups in total. The average molecular weight is 410 g/mol. The maximum absolute atomic E-state index is 13.4. The van der Waals surface area contributed by atoms with E-state index >= 15 is 0 Å². The molecule has 0 saturated carbocycles. The molecule has 1 aromatic heterocycles. The summed E-state index contributed by atoms with van der Waals surface area (Å²) in [6.07, 6.45) is -1.36. The normalized spacial score (nSPS) is 20.5. The molecule has 2 aliphatic heterocycles. The van der Waals surface area contributed by atoms with Gasteiger partial charge in [-0.15, -0.1) is 0 Å². The summed E-state index contributed by atoms with van der Waals surface area (Å²) in [4.78, 5) is 20.3. The second-order valence-corrected chi connectivity index (χ2v) is 7.03. The van der Waals surface area contributed by atoms with Crippen LogP contribution < -0.4 is 14.5 Å². The molecule has 5 rings (SSSR count). The highest BCUT2D eigenvalue weighted by molar-refractivity contribution is 6.13. The summed E-state index contributed by atoms with van der Waals surface area (Å²) in [5.41, 5.74) is -0.189. The Hall–Kier alpha value is -3.80. The molecule has 1 saturated heterocycles. The molecular formula is C21H13F3N4O2. The Kier molecular flexibility index (Phi) is 3.86. The van der Waals surface area contributed by atoms with E-state index in [4.69, 9.17) is 4.74 Å². The smallest absolute Gasteiger partial charge is 0.416 e. The predicted octanol–water partition coefficient (Wildman–Crippen LogP) is 4.35. The number of aromatic nitrogens is 1. The van der Waals surface area contributed by atoms with Crippen molar-refractivity contribution in [3.05, 3.63) is 60.4 Å². The first-order chi connectivity index (χ1) is 14.4. The molecule has 0 spiro atoms. The lowest BCUT2D eigenvalue weighted by Crippen LogP contribution is -2.44. The third-order valence-electron chi connectivity index (χ3n) is 5.38. The number of halogens is 3. The van der Waals surface area contributed by atoms with Crippen molar-refractivity contribution in [2.75, 3.05) is 16.4 Å². The highest BCUT2D eigenvalue weighted by Gasteiger charge is 2.51. The molecule has 6 nitrogen and oxygen atoms in total. The van der Waals surface area contributed by atoms with Crippen molar-refractivity contribution in [3.8, 4) is 11.8 Å². The van der Waals surface area contributed by atoms with Gasteiger partial charge < -0.3 is 4.74 Å². The lowest BCUT2D eigenvalue weighted by atomic mass is 10.1. The molecular weight excluding hydrogens is 397 g/mol. The first-order valence-electron chi connectivity index (χ1n) is 9.09. The van der Waals surface area contributed by atoms with Crippen LogP contribution in [0.15, 0.2) is 54.9 Å². The Morgan fingerprint density at radius 3 is 2.67 bits per heavy atom. The SMILES string of the molecule is N#CC1C2COc3cc(C(F)(F)F)ccc3N2C(=O)N1c1cncc2ccccc12. The fourth-order valence-electron chi connectivity index (χ4n) is 4.01. The van der Waals surface area contributed by atoms with Crippen LogP contribution in [0, 0.1) is 11.3 Å². The third kappa shape index (κ3) is 2.57. The van der Waals surface area contributed by atoms with Gasteiger partial charge in [-0.3, -0.25) is 14.8 Å². The predicted molar refractivity (Wildman–Crippen MR) is 102 cm³/mol. The van der Waals surface area contributed by atoms with Gasteiger partial charge in [0, 0.05) is 17.0 Å². The van der Waals surface area contributed by atoms with Gasteiger partial charge in [-0.25, -0.2) is 4.79 Å². The molecule has 2 atom stereocenters. The van der Waals surface area contributed by atoms with Crippen molar-refractivity contribution in [1.29, 1.82) is 5.26 Å². The Morgan fingerprint density at radius 2 is 1.90 bits per heavy atom. The summed E-state index contributed by atoms with van der Waals surface area (Å²) in [5, 5.41) is 11.4. The lowest BCUT2D eigenvalue weighted by Gasteiger charge is -2.31. The molecule has 9 heteroatoms. The van der Waals surface area contributed by atoms with Crippen LogP contribution in [0.3, 0.4) is 0 Å². The number of ether oxygens (including phenoxy) is 1. The number of nitrogens with zero attached hydrogens (tertiary/aromatic N) is 4.